The number of thiazole rings is 1. The predicted octanol–water partition coefficient (Wildman–Crippen LogP) is 2.44. The number of rotatable bonds is 4. The minimum Gasteiger partial charge on any atom is -0.493 e. The van der Waals surface area contributed by atoms with Crippen LogP contribution in [0, 0.1) is 0 Å². The van der Waals surface area contributed by atoms with Gasteiger partial charge in [0, 0.05) is 11.6 Å². The third kappa shape index (κ3) is 2.32. The summed E-state index contributed by atoms with van der Waals surface area (Å²) < 4.78 is 10.7. The highest BCUT2D eigenvalue weighted by molar-refractivity contribution is 7.11. The maximum Gasteiger partial charge on any atom is 0.278 e. The van der Waals surface area contributed by atoms with Crippen LogP contribution in [0.2, 0.25) is 0 Å². The SMILES string of the molecule is COc1cc(CO)ccc1Oc1nccs1. The van der Waals surface area contributed by atoms with Crippen molar-refractivity contribution in [2.24, 2.45) is 0 Å². The minimum atomic E-state index is -0.0199. The highest BCUT2D eigenvalue weighted by Gasteiger charge is 2.07. The van der Waals surface area contributed by atoms with E-state index in [1.54, 1.807) is 31.5 Å². The van der Waals surface area contributed by atoms with E-state index in [4.69, 9.17) is 14.6 Å². The van der Waals surface area contributed by atoms with Crippen LogP contribution in [-0.2, 0) is 6.61 Å². The van der Waals surface area contributed by atoms with E-state index < -0.39 is 0 Å². The Kier molecular flexibility index (Phi) is 3.38. The van der Waals surface area contributed by atoms with Crippen LogP contribution in [0.25, 0.3) is 0 Å². The van der Waals surface area contributed by atoms with Crippen molar-refractivity contribution in [3.05, 3.63) is 35.3 Å². The van der Waals surface area contributed by atoms with Gasteiger partial charge in [-0.15, -0.1) is 0 Å². The molecule has 0 bridgehead atoms. The molecule has 0 fully saturated rings. The normalized spacial score (nSPS) is 10.1. The Morgan fingerprint density at radius 3 is 2.88 bits per heavy atom. The molecule has 2 aromatic rings. The number of aliphatic hydroxyl groups is 1. The predicted molar refractivity (Wildman–Crippen MR) is 61.1 cm³/mol. The lowest BCUT2D eigenvalue weighted by atomic mass is 10.2. The lowest BCUT2D eigenvalue weighted by molar-refractivity contribution is 0.280. The fourth-order valence-electron chi connectivity index (χ4n) is 1.25. The Labute approximate surface area is 97.1 Å². The fourth-order valence-corrected chi connectivity index (χ4v) is 1.75. The van der Waals surface area contributed by atoms with E-state index in [1.165, 1.54) is 11.3 Å². The third-order valence-electron chi connectivity index (χ3n) is 2.02. The molecule has 0 aliphatic rings. The molecule has 0 spiro atoms. The smallest absolute Gasteiger partial charge is 0.278 e. The van der Waals surface area contributed by atoms with E-state index in [9.17, 15) is 0 Å². The van der Waals surface area contributed by atoms with Gasteiger partial charge in [-0.3, -0.25) is 0 Å². The molecule has 0 saturated heterocycles. The van der Waals surface area contributed by atoms with Crippen LogP contribution in [0.1, 0.15) is 5.56 Å². The lowest BCUT2D eigenvalue weighted by Crippen LogP contribution is -1.92. The molecule has 1 aromatic carbocycles. The van der Waals surface area contributed by atoms with Gasteiger partial charge in [-0.2, -0.15) is 0 Å². The zero-order valence-electron chi connectivity index (χ0n) is 8.71. The first kappa shape index (κ1) is 10.9. The van der Waals surface area contributed by atoms with Crippen molar-refractivity contribution in [2.45, 2.75) is 6.61 Å². The molecular formula is C11H11NO3S. The molecule has 0 aliphatic heterocycles. The van der Waals surface area contributed by atoms with Crippen molar-refractivity contribution in [1.29, 1.82) is 0 Å². The van der Waals surface area contributed by atoms with E-state index in [1.807, 2.05) is 5.38 Å². The van der Waals surface area contributed by atoms with Gasteiger partial charge >= 0.3 is 0 Å². The van der Waals surface area contributed by atoms with E-state index >= 15 is 0 Å². The highest BCUT2D eigenvalue weighted by Crippen LogP contribution is 2.32. The Balaban J connectivity index is 2.26. The number of benzene rings is 1. The lowest BCUT2D eigenvalue weighted by Gasteiger charge is -2.09. The molecule has 1 N–H and O–H groups in total. The Morgan fingerprint density at radius 1 is 1.38 bits per heavy atom. The van der Waals surface area contributed by atoms with Crippen LogP contribution in [0.4, 0.5) is 0 Å². The second-order valence-electron chi connectivity index (χ2n) is 3.04. The number of ether oxygens (including phenoxy) is 2. The van der Waals surface area contributed by atoms with Gasteiger partial charge in [0.1, 0.15) is 0 Å². The Hall–Kier alpha value is -1.59. The van der Waals surface area contributed by atoms with Crippen molar-refractivity contribution in [1.82, 2.24) is 4.98 Å². The summed E-state index contributed by atoms with van der Waals surface area (Å²) in [6.07, 6.45) is 1.68. The van der Waals surface area contributed by atoms with Crippen molar-refractivity contribution in [3.63, 3.8) is 0 Å². The van der Waals surface area contributed by atoms with Gasteiger partial charge in [-0.25, -0.2) is 4.98 Å². The Bertz CT molecular complexity index is 456. The topological polar surface area (TPSA) is 51.6 Å². The first-order valence-electron chi connectivity index (χ1n) is 4.68. The van der Waals surface area contributed by atoms with E-state index in [0.717, 1.165) is 5.56 Å². The maximum absolute atomic E-state index is 9.00. The molecule has 0 saturated carbocycles. The summed E-state index contributed by atoms with van der Waals surface area (Å²) in [6.45, 7) is -0.0199. The summed E-state index contributed by atoms with van der Waals surface area (Å²) in [5, 5.41) is 11.4. The molecule has 0 amide bonds. The summed E-state index contributed by atoms with van der Waals surface area (Å²) >= 11 is 1.41. The average molecular weight is 237 g/mol. The number of methoxy groups -OCH3 is 1. The van der Waals surface area contributed by atoms with Gasteiger partial charge in [-0.05, 0) is 17.7 Å². The van der Waals surface area contributed by atoms with Gasteiger partial charge < -0.3 is 14.6 Å². The number of hydrogen-bond donors (Lipinski definition) is 1. The monoisotopic (exact) mass is 237 g/mol. The molecule has 16 heavy (non-hydrogen) atoms. The largest absolute Gasteiger partial charge is 0.493 e. The van der Waals surface area contributed by atoms with Crippen LogP contribution in [0.5, 0.6) is 16.7 Å². The molecule has 1 aromatic heterocycles. The molecule has 0 unspecified atom stereocenters. The van der Waals surface area contributed by atoms with Gasteiger partial charge in [0.05, 0.1) is 13.7 Å². The summed E-state index contributed by atoms with van der Waals surface area (Å²) in [5.41, 5.74) is 0.781. The average Bonchev–Trinajstić information content (AvgIpc) is 2.82. The molecular weight excluding hydrogens is 226 g/mol. The number of nitrogens with zero attached hydrogens (tertiary/aromatic N) is 1. The molecule has 2 rings (SSSR count). The third-order valence-corrected chi connectivity index (χ3v) is 2.67. The van der Waals surface area contributed by atoms with E-state index in [-0.39, 0.29) is 6.61 Å². The van der Waals surface area contributed by atoms with Gasteiger partial charge in [0.15, 0.2) is 11.5 Å². The molecule has 0 aliphatic carbocycles. The van der Waals surface area contributed by atoms with Crippen LogP contribution in [0.3, 0.4) is 0 Å². The van der Waals surface area contributed by atoms with Gasteiger partial charge in [-0.1, -0.05) is 17.4 Å². The Morgan fingerprint density at radius 2 is 2.25 bits per heavy atom. The van der Waals surface area contributed by atoms with E-state index in [2.05, 4.69) is 4.98 Å². The highest BCUT2D eigenvalue weighted by atomic mass is 32.1. The quantitative estimate of drug-likeness (QED) is 0.887. The van der Waals surface area contributed by atoms with Crippen molar-refractivity contribution >= 4 is 11.3 Å². The standard InChI is InChI=1S/C11H11NO3S/c1-14-10-6-8(7-13)2-3-9(10)15-11-12-4-5-16-11/h2-6,13H,7H2,1H3. The molecule has 84 valence electrons. The second kappa shape index (κ2) is 4.96. The van der Waals surface area contributed by atoms with Gasteiger partial charge in [0.25, 0.3) is 5.19 Å². The van der Waals surface area contributed by atoms with Crippen LogP contribution < -0.4 is 9.47 Å². The van der Waals surface area contributed by atoms with Crippen LogP contribution in [-0.4, -0.2) is 17.2 Å². The fraction of sp³-hybridized carbons (Fsp3) is 0.182. The van der Waals surface area contributed by atoms with Crippen molar-refractivity contribution < 1.29 is 14.6 Å². The molecule has 4 nitrogen and oxygen atoms in total. The minimum absolute atomic E-state index is 0.0199. The zero-order valence-corrected chi connectivity index (χ0v) is 9.53. The summed E-state index contributed by atoms with van der Waals surface area (Å²) in [5.74, 6) is 1.18. The molecule has 5 heteroatoms. The summed E-state index contributed by atoms with van der Waals surface area (Å²) in [7, 11) is 1.56. The number of aromatic nitrogens is 1. The zero-order chi connectivity index (χ0) is 11.4. The number of aliphatic hydroxyl groups excluding tert-OH is 1. The summed E-state index contributed by atoms with van der Waals surface area (Å²) in [4.78, 5) is 4.02. The van der Waals surface area contributed by atoms with Crippen LogP contribution >= 0.6 is 11.3 Å². The first-order valence-corrected chi connectivity index (χ1v) is 5.56. The molecule has 1 heterocycles. The van der Waals surface area contributed by atoms with Crippen molar-refractivity contribution in [2.75, 3.05) is 7.11 Å². The summed E-state index contributed by atoms with van der Waals surface area (Å²) in [6, 6.07) is 5.28. The number of hydrogen-bond acceptors (Lipinski definition) is 5. The van der Waals surface area contributed by atoms with Gasteiger partial charge in [0.2, 0.25) is 0 Å². The van der Waals surface area contributed by atoms with Crippen LogP contribution in [0.15, 0.2) is 29.8 Å². The first-order chi connectivity index (χ1) is 7.83. The van der Waals surface area contributed by atoms with E-state index in [0.29, 0.717) is 16.7 Å². The maximum atomic E-state index is 9.00. The molecule has 0 radical (unpaired) electrons. The molecule has 0 atom stereocenters. The second-order valence-corrected chi connectivity index (χ2v) is 3.90. The van der Waals surface area contributed by atoms with Crippen molar-refractivity contribution in [3.8, 4) is 16.7 Å².